The van der Waals surface area contributed by atoms with Crippen molar-refractivity contribution in [3.8, 4) is 0 Å². The molecule has 0 bridgehead atoms. The highest BCUT2D eigenvalue weighted by molar-refractivity contribution is 5.82. The fourth-order valence-corrected chi connectivity index (χ4v) is 2.01. The van der Waals surface area contributed by atoms with Crippen molar-refractivity contribution in [2.45, 2.75) is 52.6 Å². The largest absolute Gasteiger partial charge is 0.454 e. The van der Waals surface area contributed by atoms with Crippen LogP contribution < -0.4 is 0 Å². The molecule has 1 amide bonds. The lowest BCUT2D eigenvalue weighted by molar-refractivity contribution is -0.160. The van der Waals surface area contributed by atoms with Crippen LogP contribution in [0.5, 0.6) is 0 Å². The van der Waals surface area contributed by atoms with Crippen molar-refractivity contribution < 1.29 is 19.1 Å². The summed E-state index contributed by atoms with van der Waals surface area (Å²) in [5, 5.41) is 0. The van der Waals surface area contributed by atoms with Crippen LogP contribution in [0.15, 0.2) is 11.8 Å². The summed E-state index contributed by atoms with van der Waals surface area (Å²) in [6, 6.07) is 0. The Balaban J connectivity index is 2.26. The van der Waals surface area contributed by atoms with Gasteiger partial charge in [0.05, 0.1) is 0 Å². The van der Waals surface area contributed by atoms with Crippen molar-refractivity contribution in [2.75, 3.05) is 20.3 Å². The number of hydrogen-bond donors (Lipinski definition) is 0. The zero-order valence-corrected chi connectivity index (χ0v) is 13.6. The average Bonchev–Trinajstić information content (AvgIpc) is 2.96. The lowest BCUT2D eigenvalue weighted by Crippen LogP contribution is -2.32. The Bertz CT molecular complexity index is 390. The first-order chi connectivity index (χ1) is 9.91. The maximum Gasteiger partial charge on any atom is 0.335 e. The molecule has 0 saturated heterocycles. The molecule has 1 atom stereocenters. The zero-order chi connectivity index (χ0) is 15.8. The molecule has 1 aliphatic rings. The van der Waals surface area contributed by atoms with E-state index in [1.807, 2.05) is 0 Å². The van der Waals surface area contributed by atoms with Gasteiger partial charge in [0.25, 0.3) is 5.91 Å². The second kappa shape index (κ2) is 8.82. The molecule has 5 heteroatoms. The van der Waals surface area contributed by atoms with Crippen LogP contribution in [0, 0.1) is 5.92 Å². The standard InChI is InChI=1S/C16H27NO4/c1-12(2)9-10-20-13(3)16(19)21-11-15(18)17(4)14-7-5-6-8-14/h7,12-13H,5-6,8-11H2,1-4H3. The van der Waals surface area contributed by atoms with Gasteiger partial charge in [0, 0.05) is 19.4 Å². The minimum Gasteiger partial charge on any atom is -0.454 e. The Hall–Kier alpha value is -1.36. The summed E-state index contributed by atoms with van der Waals surface area (Å²) in [6.45, 7) is 6.13. The Labute approximate surface area is 127 Å². The van der Waals surface area contributed by atoms with E-state index >= 15 is 0 Å². The summed E-state index contributed by atoms with van der Waals surface area (Å²) in [5.41, 5.74) is 1.01. The van der Waals surface area contributed by atoms with Crippen molar-refractivity contribution in [3.05, 3.63) is 11.8 Å². The van der Waals surface area contributed by atoms with E-state index in [1.165, 1.54) is 0 Å². The smallest absolute Gasteiger partial charge is 0.335 e. The average molecular weight is 297 g/mol. The van der Waals surface area contributed by atoms with E-state index in [1.54, 1.807) is 18.9 Å². The first kappa shape index (κ1) is 17.7. The second-order valence-corrected chi connectivity index (χ2v) is 5.84. The monoisotopic (exact) mass is 297 g/mol. The van der Waals surface area contributed by atoms with Crippen LogP contribution in [0.2, 0.25) is 0 Å². The molecule has 1 unspecified atom stereocenters. The molecule has 0 aliphatic heterocycles. The summed E-state index contributed by atoms with van der Waals surface area (Å²) < 4.78 is 10.4. The molecule has 0 aromatic carbocycles. The Morgan fingerprint density at radius 3 is 2.62 bits per heavy atom. The van der Waals surface area contributed by atoms with Gasteiger partial charge in [-0.15, -0.1) is 0 Å². The number of carbonyl (C=O) groups is 2. The van der Waals surface area contributed by atoms with Crippen LogP contribution in [-0.2, 0) is 19.1 Å². The molecule has 0 radical (unpaired) electrons. The molecule has 1 rings (SSSR count). The first-order valence-electron chi connectivity index (χ1n) is 7.65. The number of allylic oxidation sites excluding steroid dienone is 2. The van der Waals surface area contributed by atoms with Crippen LogP contribution in [-0.4, -0.2) is 43.1 Å². The maximum atomic E-state index is 11.9. The van der Waals surface area contributed by atoms with Gasteiger partial charge in [-0.1, -0.05) is 19.9 Å². The SMILES string of the molecule is CC(C)CCOC(C)C(=O)OCC(=O)N(C)C1=CCCC1. The van der Waals surface area contributed by atoms with E-state index < -0.39 is 12.1 Å². The lowest BCUT2D eigenvalue weighted by Gasteiger charge is -2.19. The highest BCUT2D eigenvalue weighted by Gasteiger charge is 2.20. The Morgan fingerprint density at radius 2 is 2.05 bits per heavy atom. The number of nitrogens with zero attached hydrogens (tertiary/aromatic N) is 1. The van der Waals surface area contributed by atoms with E-state index in [4.69, 9.17) is 9.47 Å². The van der Waals surface area contributed by atoms with Crippen molar-refractivity contribution in [3.63, 3.8) is 0 Å². The Morgan fingerprint density at radius 1 is 1.33 bits per heavy atom. The van der Waals surface area contributed by atoms with Crippen LogP contribution >= 0.6 is 0 Å². The Kier molecular flexibility index (Phi) is 7.43. The molecular formula is C16H27NO4. The predicted octanol–water partition coefficient (Wildman–Crippen LogP) is 2.51. The number of ether oxygens (including phenoxy) is 2. The van der Waals surface area contributed by atoms with Crippen LogP contribution in [0.4, 0.5) is 0 Å². The molecule has 120 valence electrons. The van der Waals surface area contributed by atoms with E-state index in [-0.39, 0.29) is 12.5 Å². The molecule has 0 spiro atoms. The fraction of sp³-hybridized carbons (Fsp3) is 0.750. The van der Waals surface area contributed by atoms with Gasteiger partial charge < -0.3 is 14.4 Å². The summed E-state index contributed by atoms with van der Waals surface area (Å²) >= 11 is 0. The highest BCUT2D eigenvalue weighted by atomic mass is 16.6. The number of hydrogen-bond acceptors (Lipinski definition) is 4. The van der Waals surface area contributed by atoms with E-state index in [0.717, 1.165) is 31.4 Å². The summed E-state index contributed by atoms with van der Waals surface area (Å²) in [7, 11) is 1.72. The maximum absolute atomic E-state index is 11.9. The minimum atomic E-state index is -0.632. The van der Waals surface area contributed by atoms with Gasteiger partial charge in [-0.3, -0.25) is 4.79 Å². The quantitative estimate of drug-likeness (QED) is 0.646. The molecule has 0 aromatic rings. The molecule has 5 nitrogen and oxygen atoms in total. The summed E-state index contributed by atoms with van der Waals surface area (Å²) in [5.74, 6) is -0.157. The van der Waals surface area contributed by atoms with Gasteiger partial charge in [-0.2, -0.15) is 0 Å². The van der Waals surface area contributed by atoms with E-state index in [0.29, 0.717) is 12.5 Å². The molecule has 0 saturated carbocycles. The molecular weight excluding hydrogens is 270 g/mol. The molecule has 0 aromatic heterocycles. The highest BCUT2D eigenvalue weighted by Crippen LogP contribution is 2.20. The molecule has 21 heavy (non-hydrogen) atoms. The van der Waals surface area contributed by atoms with Crippen LogP contribution in [0.3, 0.4) is 0 Å². The van der Waals surface area contributed by atoms with Gasteiger partial charge in [0.15, 0.2) is 12.7 Å². The predicted molar refractivity (Wildman–Crippen MR) is 80.5 cm³/mol. The third-order valence-electron chi connectivity index (χ3n) is 3.55. The zero-order valence-electron chi connectivity index (χ0n) is 13.6. The summed E-state index contributed by atoms with van der Waals surface area (Å²) in [6.07, 6.45) is 5.31. The molecule has 0 fully saturated rings. The van der Waals surface area contributed by atoms with Crippen molar-refractivity contribution >= 4 is 11.9 Å². The molecule has 1 aliphatic carbocycles. The molecule has 0 N–H and O–H groups in total. The normalized spacial score (nSPS) is 15.8. The minimum absolute atomic E-state index is 0.203. The van der Waals surface area contributed by atoms with Gasteiger partial charge in [0.2, 0.25) is 0 Å². The van der Waals surface area contributed by atoms with E-state index in [2.05, 4.69) is 19.9 Å². The van der Waals surface area contributed by atoms with Crippen LogP contribution in [0.25, 0.3) is 0 Å². The third kappa shape index (κ3) is 6.29. The number of amides is 1. The number of likely N-dealkylation sites (N-methyl/N-ethyl adjacent to an activating group) is 1. The van der Waals surface area contributed by atoms with Crippen molar-refractivity contribution in [1.29, 1.82) is 0 Å². The van der Waals surface area contributed by atoms with Gasteiger partial charge in [0.1, 0.15) is 0 Å². The lowest BCUT2D eigenvalue weighted by atomic mass is 10.1. The van der Waals surface area contributed by atoms with Gasteiger partial charge in [-0.05, 0) is 38.5 Å². The number of esters is 1. The summed E-state index contributed by atoms with van der Waals surface area (Å²) in [4.78, 5) is 25.2. The second-order valence-electron chi connectivity index (χ2n) is 5.84. The number of carbonyl (C=O) groups excluding carboxylic acids is 2. The van der Waals surface area contributed by atoms with Crippen LogP contribution in [0.1, 0.15) is 46.5 Å². The van der Waals surface area contributed by atoms with Crippen molar-refractivity contribution in [2.24, 2.45) is 5.92 Å². The molecule has 0 heterocycles. The van der Waals surface area contributed by atoms with Gasteiger partial charge in [-0.25, -0.2) is 4.79 Å². The number of rotatable bonds is 8. The first-order valence-corrected chi connectivity index (χ1v) is 7.65. The topological polar surface area (TPSA) is 55.8 Å². The third-order valence-corrected chi connectivity index (χ3v) is 3.55. The van der Waals surface area contributed by atoms with E-state index in [9.17, 15) is 9.59 Å². The van der Waals surface area contributed by atoms with Crippen molar-refractivity contribution in [1.82, 2.24) is 4.90 Å². The fourth-order valence-electron chi connectivity index (χ4n) is 2.01. The van der Waals surface area contributed by atoms with Gasteiger partial charge >= 0.3 is 5.97 Å².